The molecule has 0 aliphatic heterocycles. The molecule has 0 bridgehead atoms. The highest BCUT2D eigenvalue weighted by molar-refractivity contribution is 5.76. The van der Waals surface area contributed by atoms with Gasteiger partial charge in [-0.25, -0.2) is 0 Å². The Balaban J connectivity index is 2.77. The molecule has 0 spiro atoms. The number of amides is 1. The Labute approximate surface area is 116 Å². The zero-order valence-electron chi connectivity index (χ0n) is 12.8. The SMILES string of the molecule is Cc1cc(C)c(CN(C)C(=O)CC(C)CN)c(C)c1. The van der Waals surface area contributed by atoms with Crippen LogP contribution >= 0.6 is 0 Å². The summed E-state index contributed by atoms with van der Waals surface area (Å²) in [5.74, 6) is 0.410. The molecule has 1 unspecified atom stereocenters. The second-order valence-corrected chi connectivity index (χ2v) is 5.67. The van der Waals surface area contributed by atoms with Crippen molar-refractivity contribution >= 4 is 5.91 Å². The molecular weight excluding hydrogens is 236 g/mol. The van der Waals surface area contributed by atoms with Crippen LogP contribution in [0.1, 0.15) is 35.6 Å². The number of hydrogen-bond donors (Lipinski definition) is 1. The van der Waals surface area contributed by atoms with Gasteiger partial charge in [-0.2, -0.15) is 0 Å². The lowest BCUT2D eigenvalue weighted by Gasteiger charge is -2.22. The lowest BCUT2D eigenvalue weighted by Crippen LogP contribution is -2.29. The smallest absolute Gasteiger partial charge is 0.222 e. The van der Waals surface area contributed by atoms with E-state index in [-0.39, 0.29) is 11.8 Å². The fourth-order valence-corrected chi connectivity index (χ4v) is 2.32. The van der Waals surface area contributed by atoms with Crippen LogP contribution in [0.2, 0.25) is 0 Å². The second-order valence-electron chi connectivity index (χ2n) is 5.67. The van der Waals surface area contributed by atoms with Crippen molar-refractivity contribution in [3.05, 3.63) is 34.4 Å². The van der Waals surface area contributed by atoms with E-state index in [2.05, 4.69) is 32.9 Å². The first-order valence-electron chi connectivity index (χ1n) is 6.86. The molecule has 0 aromatic heterocycles. The largest absolute Gasteiger partial charge is 0.341 e. The van der Waals surface area contributed by atoms with Gasteiger partial charge in [0.15, 0.2) is 0 Å². The first-order chi connectivity index (χ1) is 8.85. The number of rotatable bonds is 5. The summed E-state index contributed by atoms with van der Waals surface area (Å²) in [5, 5.41) is 0. The van der Waals surface area contributed by atoms with Crippen molar-refractivity contribution in [2.45, 2.75) is 40.7 Å². The molecule has 106 valence electrons. The summed E-state index contributed by atoms with van der Waals surface area (Å²) in [5.41, 5.74) is 10.6. The molecule has 3 heteroatoms. The predicted octanol–water partition coefficient (Wildman–Crippen LogP) is 2.56. The summed E-state index contributed by atoms with van der Waals surface area (Å²) in [6.07, 6.45) is 0.525. The molecule has 1 atom stereocenters. The molecule has 0 radical (unpaired) electrons. The molecule has 1 aromatic carbocycles. The number of nitrogens with two attached hydrogens (primary N) is 1. The molecule has 0 fully saturated rings. The van der Waals surface area contributed by atoms with Gasteiger partial charge in [-0.1, -0.05) is 24.6 Å². The number of carbonyl (C=O) groups excluding carboxylic acids is 1. The van der Waals surface area contributed by atoms with E-state index in [9.17, 15) is 4.79 Å². The third kappa shape index (κ3) is 4.35. The van der Waals surface area contributed by atoms with E-state index in [1.54, 1.807) is 4.90 Å². The van der Waals surface area contributed by atoms with Crippen molar-refractivity contribution in [1.82, 2.24) is 4.90 Å². The summed E-state index contributed by atoms with van der Waals surface area (Å²) in [6, 6.07) is 4.34. The van der Waals surface area contributed by atoms with Crippen molar-refractivity contribution in [2.24, 2.45) is 11.7 Å². The third-order valence-corrected chi connectivity index (χ3v) is 3.59. The monoisotopic (exact) mass is 262 g/mol. The van der Waals surface area contributed by atoms with Gasteiger partial charge in [0.2, 0.25) is 5.91 Å². The molecule has 0 aliphatic carbocycles. The van der Waals surface area contributed by atoms with Crippen LogP contribution in [0, 0.1) is 26.7 Å². The maximum atomic E-state index is 12.1. The van der Waals surface area contributed by atoms with Crippen LogP contribution in [0.15, 0.2) is 12.1 Å². The van der Waals surface area contributed by atoms with Gasteiger partial charge >= 0.3 is 0 Å². The standard InChI is InChI=1S/C16H26N2O/c1-11-6-13(3)15(14(4)7-11)10-18(5)16(19)8-12(2)9-17/h6-7,12H,8-10,17H2,1-5H3. The highest BCUT2D eigenvalue weighted by atomic mass is 16.2. The average molecular weight is 262 g/mol. The van der Waals surface area contributed by atoms with E-state index < -0.39 is 0 Å². The number of aryl methyl sites for hydroxylation is 3. The lowest BCUT2D eigenvalue weighted by atomic mass is 9.99. The van der Waals surface area contributed by atoms with Gasteiger partial charge in [-0.15, -0.1) is 0 Å². The fourth-order valence-electron chi connectivity index (χ4n) is 2.32. The topological polar surface area (TPSA) is 46.3 Å². The maximum Gasteiger partial charge on any atom is 0.222 e. The Morgan fingerprint density at radius 1 is 1.26 bits per heavy atom. The summed E-state index contributed by atoms with van der Waals surface area (Å²) in [4.78, 5) is 13.9. The molecule has 1 rings (SSSR count). The summed E-state index contributed by atoms with van der Waals surface area (Å²) in [7, 11) is 1.87. The first kappa shape index (κ1) is 15.7. The molecule has 1 amide bonds. The van der Waals surface area contributed by atoms with E-state index in [0.29, 0.717) is 19.5 Å². The highest BCUT2D eigenvalue weighted by Crippen LogP contribution is 2.18. The molecule has 1 aromatic rings. The zero-order chi connectivity index (χ0) is 14.6. The minimum Gasteiger partial charge on any atom is -0.341 e. The Kier molecular flexibility index (Phi) is 5.55. The molecule has 0 saturated heterocycles. The molecule has 19 heavy (non-hydrogen) atoms. The molecule has 3 nitrogen and oxygen atoms in total. The van der Waals surface area contributed by atoms with Gasteiger partial charge in [0, 0.05) is 20.0 Å². The van der Waals surface area contributed by atoms with Crippen LogP contribution in [0.5, 0.6) is 0 Å². The lowest BCUT2D eigenvalue weighted by molar-refractivity contribution is -0.131. The number of nitrogens with zero attached hydrogens (tertiary/aromatic N) is 1. The van der Waals surface area contributed by atoms with Crippen LogP contribution in [-0.4, -0.2) is 24.4 Å². The van der Waals surface area contributed by atoms with Gasteiger partial charge in [0.25, 0.3) is 0 Å². The quantitative estimate of drug-likeness (QED) is 0.886. The number of hydrogen-bond acceptors (Lipinski definition) is 2. The summed E-state index contributed by atoms with van der Waals surface area (Å²) < 4.78 is 0. The Hall–Kier alpha value is -1.35. The van der Waals surface area contributed by atoms with E-state index >= 15 is 0 Å². The van der Waals surface area contributed by atoms with Crippen LogP contribution in [-0.2, 0) is 11.3 Å². The summed E-state index contributed by atoms with van der Waals surface area (Å²) in [6.45, 7) is 9.55. The van der Waals surface area contributed by atoms with Gasteiger partial charge < -0.3 is 10.6 Å². The molecule has 0 aliphatic rings. The average Bonchev–Trinajstić information content (AvgIpc) is 2.32. The molecule has 0 saturated carbocycles. The van der Waals surface area contributed by atoms with Crippen molar-refractivity contribution in [3.8, 4) is 0 Å². The van der Waals surface area contributed by atoms with Gasteiger partial charge in [-0.3, -0.25) is 4.79 Å². The number of carbonyl (C=O) groups is 1. The van der Waals surface area contributed by atoms with Crippen LogP contribution < -0.4 is 5.73 Å². The Bertz CT molecular complexity index is 431. The Morgan fingerprint density at radius 2 is 1.79 bits per heavy atom. The van der Waals surface area contributed by atoms with Gasteiger partial charge in [0.05, 0.1) is 0 Å². The molecular formula is C16H26N2O. The zero-order valence-corrected chi connectivity index (χ0v) is 12.8. The number of benzene rings is 1. The third-order valence-electron chi connectivity index (χ3n) is 3.59. The maximum absolute atomic E-state index is 12.1. The molecule has 2 N–H and O–H groups in total. The highest BCUT2D eigenvalue weighted by Gasteiger charge is 2.14. The fraction of sp³-hybridized carbons (Fsp3) is 0.562. The predicted molar refractivity (Wildman–Crippen MR) is 80.0 cm³/mol. The molecule has 0 heterocycles. The van der Waals surface area contributed by atoms with E-state index in [1.165, 1.54) is 22.3 Å². The van der Waals surface area contributed by atoms with Gasteiger partial charge in [0.1, 0.15) is 0 Å². The van der Waals surface area contributed by atoms with Crippen LogP contribution in [0.4, 0.5) is 0 Å². The normalized spacial score (nSPS) is 12.3. The van der Waals surface area contributed by atoms with Crippen LogP contribution in [0.3, 0.4) is 0 Å². The van der Waals surface area contributed by atoms with E-state index in [1.807, 2.05) is 14.0 Å². The Morgan fingerprint density at radius 3 is 2.26 bits per heavy atom. The van der Waals surface area contributed by atoms with Gasteiger partial charge in [-0.05, 0) is 49.9 Å². The van der Waals surface area contributed by atoms with Crippen molar-refractivity contribution in [1.29, 1.82) is 0 Å². The minimum atomic E-state index is 0.164. The van der Waals surface area contributed by atoms with Crippen molar-refractivity contribution in [3.63, 3.8) is 0 Å². The van der Waals surface area contributed by atoms with E-state index in [4.69, 9.17) is 5.73 Å². The minimum absolute atomic E-state index is 0.164. The second kappa shape index (κ2) is 6.71. The van der Waals surface area contributed by atoms with E-state index in [0.717, 1.165) is 0 Å². The summed E-state index contributed by atoms with van der Waals surface area (Å²) >= 11 is 0. The first-order valence-corrected chi connectivity index (χ1v) is 6.86. The van der Waals surface area contributed by atoms with Crippen molar-refractivity contribution < 1.29 is 4.79 Å². The van der Waals surface area contributed by atoms with Crippen LogP contribution in [0.25, 0.3) is 0 Å². The van der Waals surface area contributed by atoms with Crippen molar-refractivity contribution in [2.75, 3.05) is 13.6 Å².